The lowest BCUT2D eigenvalue weighted by atomic mass is 10.0. The van der Waals surface area contributed by atoms with Gasteiger partial charge in [-0.25, -0.2) is 0 Å². The third-order valence-corrected chi connectivity index (χ3v) is 2.00. The Morgan fingerprint density at radius 1 is 1.33 bits per heavy atom. The molecule has 0 aliphatic heterocycles. The summed E-state index contributed by atoms with van der Waals surface area (Å²) in [6.07, 6.45) is 9.82. The van der Waals surface area contributed by atoms with Crippen molar-refractivity contribution in [3.8, 4) is 0 Å². The van der Waals surface area contributed by atoms with E-state index in [2.05, 4.69) is 0 Å². The molecule has 60 valence electrons. The summed E-state index contributed by atoms with van der Waals surface area (Å²) in [6, 6.07) is 0. The molecule has 0 saturated heterocycles. The molecule has 0 aromatic rings. The zero-order valence-electron chi connectivity index (χ0n) is 6.45. The lowest BCUT2D eigenvalue weighted by Gasteiger charge is -2.00. The molecular formula is C10H8O2. The van der Waals surface area contributed by atoms with Crippen LogP contribution >= 0.6 is 0 Å². The van der Waals surface area contributed by atoms with Crippen LogP contribution in [0.5, 0.6) is 0 Å². The zero-order valence-corrected chi connectivity index (χ0v) is 6.45. The van der Waals surface area contributed by atoms with Crippen LogP contribution in [0.25, 0.3) is 0 Å². The number of allylic oxidation sites excluding steroid dienone is 7. The Balaban J connectivity index is 2.19. The van der Waals surface area contributed by atoms with Crippen LogP contribution in [0, 0.1) is 0 Å². The molecule has 0 radical (unpaired) electrons. The fourth-order valence-corrected chi connectivity index (χ4v) is 1.47. The van der Waals surface area contributed by atoms with Gasteiger partial charge in [-0.3, -0.25) is 4.79 Å². The standard InChI is InChI=1S/C10H8O2/c11-10(12)6-8-5-4-7-2-1-3-9(7)8/h1-5H,6H2,(H,11,12). The molecule has 0 atom stereocenters. The first kappa shape index (κ1) is 7.10. The highest BCUT2D eigenvalue weighted by atomic mass is 16.4. The highest BCUT2D eigenvalue weighted by molar-refractivity contribution is 5.76. The van der Waals surface area contributed by atoms with E-state index in [-0.39, 0.29) is 6.42 Å². The molecule has 12 heavy (non-hydrogen) atoms. The van der Waals surface area contributed by atoms with E-state index in [1.165, 1.54) is 0 Å². The molecule has 0 fully saturated rings. The number of rotatable bonds is 2. The Bertz CT molecular complexity index is 354. The first-order chi connectivity index (χ1) is 5.77. The van der Waals surface area contributed by atoms with E-state index in [4.69, 9.17) is 5.11 Å². The molecule has 2 rings (SSSR count). The molecule has 2 aliphatic rings. The lowest BCUT2D eigenvalue weighted by molar-refractivity contribution is -0.136. The van der Waals surface area contributed by atoms with E-state index in [0.717, 1.165) is 16.7 Å². The maximum Gasteiger partial charge on any atom is 0.307 e. The molecule has 1 N–H and O–H groups in total. The third-order valence-electron chi connectivity index (χ3n) is 2.00. The summed E-state index contributed by atoms with van der Waals surface area (Å²) < 4.78 is 0. The molecule has 0 spiro atoms. The van der Waals surface area contributed by atoms with Gasteiger partial charge in [0.15, 0.2) is 0 Å². The van der Waals surface area contributed by atoms with Gasteiger partial charge in [-0.2, -0.15) is 0 Å². The van der Waals surface area contributed by atoms with Crippen molar-refractivity contribution in [2.75, 3.05) is 0 Å². The van der Waals surface area contributed by atoms with Crippen molar-refractivity contribution in [2.45, 2.75) is 6.42 Å². The second-order valence-corrected chi connectivity index (χ2v) is 2.82. The molecule has 0 heterocycles. The van der Waals surface area contributed by atoms with E-state index in [0.29, 0.717) is 0 Å². The Labute approximate surface area is 70.2 Å². The molecular weight excluding hydrogens is 152 g/mol. The monoisotopic (exact) mass is 160 g/mol. The van der Waals surface area contributed by atoms with Gasteiger partial charge in [-0.05, 0) is 16.7 Å². The summed E-state index contributed by atoms with van der Waals surface area (Å²) in [5.74, 6) is -0.774. The minimum atomic E-state index is -0.774. The van der Waals surface area contributed by atoms with Crippen LogP contribution < -0.4 is 0 Å². The minimum absolute atomic E-state index is 0.119. The van der Waals surface area contributed by atoms with Gasteiger partial charge in [0.1, 0.15) is 0 Å². The van der Waals surface area contributed by atoms with Gasteiger partial charge >= 0.3 is 5.97 Å². The molecule has 0 aromatic heterocycles. The van der Waals surface area contributed by atoms with Crippen LogP contribution in [0.1, 0.15) is 6.42 Å². The second-order valence-electron chi connectivity index (χ2n) is 2.82. The number of hydrogen-bond acceptors (Lipinski definition) is 1. The lowest BCUT2D eigenvalue weighted by Crippen LogP contribution is -1.97. The second kappa shape index (κ2) is 2.48. The number of carbonyl (C=O) groups is 1. The van der Waals surface area contributed by atoms with Crippen LogP contribution in [0.4, 0.5) is 0 Å². The van der Waals surface area contributed by atoms with E-state index >= 15 is 0 Å². The molecule has 0 saturated carbocycles. The summed E-state index contributed by atoms with van der Waals surface area (Å²) >= 11 is 0. The molecule has 2 aliphatic carbocycles. The SMILES string of the molecule is O=C(O)CC1=CC=C2C=CC=C21. The fraction of sp³-hybridized carbons (Fsp3) is 0.100. The molecule has 0 unspecified atom stereocenters. The van der Waals surface area contributed by atoms with Gasteiger partial charge < -0.3 is 5.11 Å². The number of aliphatic carboxylic acids is 1. The van der Waals surface area contributed by atoms with E-state index < -0.39 is 5.97 Å². The molecule has 0 amide bonds. The van der Waals surface area contributed by atoms with Gasteiger partial charge in [0, 0.05) is 0 Å². The first-order valence-electron chi connectivity index (χ1n) is 3.79. The Morgan fingerprint density at radius 3 is 2.92 bits per heavy atom. The summed E-state index contributed by atoms with van der Waals surface area (Å²) in [5, 5.41) is 8.58. The summed E-state index contributed by atoms with van der Waals surface area (Å²) in [7, 11) is 0. The van der Waals surface area contributed by atoms with Gasteiger partial charge in [0.25, 0.3) is 0 Å². The van der Waals surface area contributed by atoms with Crippen molar-refractivity contribution in [1.29, 1.82) is 0 Å². The largest absolute Gasteiger partial charge is 0.481 e. The maximum absolute atomic E-state index is 10.4. The Kier molecular flexibility index (Phi) is 1.47. The van der Waals surface area contributed by atoms with Gasteiger partial charge in [0.2, 0.25) is 0 Å². The number of carboxylic acid groups (broad SMARTS) is 1. The van der Waals surface area contributed by atoms with Crippen LogP contribution in [0.2, 0.25) is 0 Å². The predicted molar refractivity (Wildman–Crippen MR) is 45.6 cm³/mol. The molecule has 2 heteroatoms. The van der Waals surface area contributed by atoms with Crippen molar-refractivity contribution < 1.29 is 9.90 Å². The highest BCUT2D eigenvalue weighted by Crippen LogP contribution is 2.32. The Morgan fingerprint density at radius 2 is 2.17 bits per heavy atom. The van der Waals surface area contributed by atoms with Crippen LogP contribution in [-0.4, -0.2) is 11.1 Å². The van der Waals surface area contributed by atoms with Crippen molar-refractivity contribution in [1.82, 2.24) is 0 Å². The molecule has 0 bridgehead atoms. The number of hydrogen-bond donors (Lipinski definition) is 1. The zero-order chi connectivity index (χ0) is 8.55. The van der Waals surface area contributed by atoms with Gasteiger partial charge in [0.05, 0.1) is 6.42 Å². The van der Waals surface area contributed by atoms with Crippen LogP contribution in [-0.2, 0) is 4.79 Å². The first-order valence-corrected chi connectivity index (χ1v) is 3.79. The fourth-order valence-electron chi connectivity index (χ4n) is 1.47. The number of fused-ring (bicyclic) bond motifs is 1. The average Bonchev–Trinajstić information content (AvgIpc) is 2.52. The average molecular weight is 160 g/mol. The van der Waals surface area contributed by atoms with Gasteiger partial charge in [-0.1, -0.05) is 30.4 Å². The normalized spacial score (nSPS) is 18.5. The van der Waals surface area contributed by atoms with E-state index in [1.54, 1.807) is 0 Å². The molecule has 2 nitrogen and oxygen atoms in total. The third kappa shape index (κ3) is 1.01. The smallest absolute Gasteiger partial charge is 0.307 e. The molecule has 0 aromatic carbocycles. The van der Waals surface area contributed by atoms with E-state index in [1.807, 2.05) is 30.4 Å². The predicted octanol–water partition coefficient (Wildman–Crippen LogP) is 1.82. The van der Waals surface area contributed by atoms with Crippen molar-refractivity contribution >= 4 is 5.97 Å². The summed E-state index contributed by atoms with van der Waals surface area (Å²) in [5.41, 5.74) is 3.10. The van der Waals surface area contributed by atoms with Crippen LogP contribution in [0.15, 0.2) is 47.1 Å². The Hall–Kier alpha value is -1.57. The highest BCUT2D eigenvalue weighted by Gasteiger charge is 2.17. The van der Waals surface area contributed by atoms with Crippen molar-refractivity contribution in [3.63, 3.8) is 0 Å². The maximum atomic E-state index is 10.4. The van der Waals surface area contributed by atoms with Crippen LogP contribution in [0.3, 0.4) is 0 Å². The quantitative estimate of drug-likeness (QED) is 0.669. The minimum Gasteiger partial charge on any atom is -0.481 e. The topological polar surface area (TPSA) is 37.3 Å². The van der Waals surface area contributed by atoms with Crippen molar-refractivity contribution in [2.24, 2.45) is 0 Å². The number of carboxylic acids is 1. The summed E-state index contributed by atoms with van der Waals surface area (Å²) in [6.45, 7) is 0. The van der Waals surface area contributed by atoms with E-state index in [9.17, 15) is 4.79 Å². The van der Waals surface area contributed by atoms with Gasteiger partial charge in [-0.15, -0.1) is 0 Å². The summed E-state index contributed by atoms with van der Waals surface area (Å²) in [4.78, 5) is 10.4. The van der Waals surface area contributed by atoms with Crippen molar-refractivity contribution in [3.05, 3.63) is 47.1 Å².